The van der Waals surface area contributed by atoms with Crippen LogP contribution in [0.3, 0.4) is 0 Å². The lowest BCUT2D eigenvalue weighted by atomic mass is 10.0. The largest absolute Gasteiger partial charge is 0.497 e. The Balaban J connectivity index is 1.98. The number of hydrogen-bond acceptors (Lipinski definition) is 4. The summed E-state index contributed by atoms with van der Waals surface area (Å²) in [5, 5.41) is 5.59. The third-order valence-corrected chi connectivity index (χ3v) is 3.63. The Labute approximate surface area is 141 Å². The fourth-order valence-corrected chi connectivity index (χ4v) is 2.19. The molecule has 2 aromatic rings. The lowest BCUT2D eigenvalue weighted by Gasteiger charge is -2.21. The van der Waals surface area contributed by atoms with Crippen LogP contribution in [0, 0.1) is 5.92 Å². The molecule has 128 valence electrons. The molecule has 2 rings (SSSR count). The highest BCUT2D eigenvalue weighted by atomic mass is 16.5. The SMILES string of the molecule is COc1ccc(C(=O)NC(C(=O)NCc2ccoc2)C(C)C)cc1. The number of carbonyl (C=O) groups excluding carboxylic acids is 2. The Kier molecular flexibility index (Phi) is 6.01. The number of rotatable bonds is 7. The van der Waals surface area contributed by atoms with E-state index in [9.17, 15) is 9.59 Å². The normalized spacial score (nSPS) is 11.8. The molecule has 1 heterocycles. The van der Waals surface area contributed by atoms with Crippen molar-refractivity contribution in [2.24, 2.45) is 5.92 Å². The molecule has 0 aliphatic heterocycles. The Bertz CT molecular complexity index is 663. The molecule has 0 saturated carbocycles. The van der Waals surface area contributed by atoms with Gasteiger partial charge in [0.05, 0.1) is 19.6 Å². The van der Waals surface area contributed by atoms with Crippen LogP contribution in [0.1, 0.15) is 29.8 Å². The zero-order chi connectivity index (χ0) is 17.5. The summed E-state index contributed by atoms with van der Waals surface area (Å²) in [6.45, 7) is 4.13. The molecule has 2 amide bonds. The summed E-state index contributed by atoms with van der Waals surface area (Å²) in [7, 11) is 1.56. The van der Waals surface area contributed by atoms with Crippen LogP contribution >= 0.6 is 0 Å². The van der Waals surface area contributed by atoms with Gasteiger partial charge in [0, 0.05) is 17.7 Å². The minimum atomic E-state index is -0.619. The first-order chi connectivity index (χ1) is 11.5. The average Bonchev–Trinajstić information content (AvgIpc) is 3.10. The number of methoxy groups -OCH3 is 1. The zero-order valence-electron chi connectivity index (χ0n) is 14.0. The molecule has 0 aliphatic rings. The van der Waals surface area contributed by atoms with Crippen LogP contribution < -0.4 is 15.4 Å². The lowest BCUT2D eigenvalue weighted by molar-refractivity contribution is -0.124. The molecule has 0 bridgehead atoms. The third kappa shape index (κ3) is 4.62. The first kappa shape index (κ1) is 17.6. The molecule has 0 saturated heterocycles. The van der Waals surface area contributed by atoms with Crippen LogP contribution in [0.15, 0.2) is 47.3 Å². The highest BCUT2D eigenvalue weighted by Crippen LogP contribution is 2.12. The van der Waals surface area contributed by atoms with Gasteiger partial charge in [-0.2, -0.15) is 0 Å². The molecule has 24 heavy (non-hydrogen) atoms. The van der Waals surface area contributed by atoms with E-state index in [1.807, 2.05) is 13.8 Å². The fraction of sp³-hybridized carbons (Fsp3) is 0.333. The monoisotopic (exact) mass is 330 g/mol. The van der Waals surface area contributed by atoms with Crippen molar-refractivity contribution in [2.75, 3.05) is 7.11 Å². The van der Waals surface area contributed by atoms with Gasteiger partial charge >= 0.3 is 0 Å². The third-order valence-electron chi connectivity index (χ3n) is 3.63. The summed E-state index contributed by atoms with van der Waals surface area (Å²) < 4.78 is 10.0. The molecule has 2 N–H and O–H groups in total. The molecule has 1 aromatic carbocycles. The van der Waals surface area contributed by atoms with Crippen LogP contribution in [0.25, 0.3) is 0 Å². The highest BCUT2D eigenvalue weighted by molar-refractivity contribution is 5.97. The number of ether oxygens (including phenoxy) is 1. The topological polar surface area (TPSA) is 80.6 Å². The standard InChI is InChI=1S/C18H22N2O4/c1-12(2)16(18(22)19-10-13-8-9-24-11-13)20-17(21)14-4-6-15(23-3)7-5-14/h4-9,11-12,16H,10H2,1-3H3,(H,19,22)(H,20,21). The molecule has 6 nitrogen and oxygen atoms in total. The second kappa shape index (κ2) is 8.19. The van der Waals surface area contributed by atoms with Gasteiger partial charge in [0.1, 0.15) is 11.8 Å². The molecule has 1 aromatic heterocycles. The summed E-state index contributed by atoms with van der Waals surface area (Å²) in [4.78, 5) is 24.7. The van der Waals surface area contributed by atoms with E-state index >= 15 is 0 Å². The molecule has 1 atom stereocenters. The van der Waals surface area contributed by atoms with E-state index in [2.05, 4.69) is 10.6 Å². The number of furan rings is 1. The van der Waals surface area contributed by atoms with E-state index in [0.717, 1.165) is 5.56 Å². The molecular formula is C18H22N2O4. The number of nitrogens with one attached hydrogen (secondary N) is 2. The quantitative estimate of drug-likeness (QED) is 0.817. The van der Waals surface area contributed by atoms with Gasteiger partial charge in [-0.3, -0.25) is 9.59 Å². The van der Waals surface area contributed by atoms with Crippen molar-refractivity contribution in [3.63, 3.8) is 0 Å². The predicted molar refractivity (Wildman–Crippen MR) is 89.6 cm³/mol. The van der Waals surface area contributed by atoms with Gasteiger partial charge in [0.15, 0.2) is 0 Å². The van der Waals surface area contributed by atoms with Gasteiger partial charge in [0.25, 0.3) is 5.91 Å². The summed E-state index contributed by atoms with van der Waals surface area (Å²) in [6.07, 6.45) is 3.12. The van der Waals surface area contributed by atoms with Crippen molar-refractivity contribution in [1.29, 1.82) is 0 Å². The van der Waals surface area contributed by atoms with E-state index in [4.69, 9.17) is 9.15 Å². The molecular weight excluding hydrogens is 308 g/mol. The highest BCUT2D eigenvalue weighted by Gasteiger charge is 2.24. The smallest absolute Gasteiger partial charge is 0.251 e. The zero-order valence-corrected chi connectivity index (χ0v) is 14.0. The van der Waals surface area contributed by atoms with Crippen molar-refractivity contribution in [2.45, 2.75) is 26.4 Å². The Morgan fingerprint density at radius 1 is 1.17 bits per heavy atom. The van der Waals surface area contributed by atoms with Crippen molar-refractivity contribution in [1.82, 2.24) is 10.6 Å². The van der Waals surface area contributed by atoms with Crippen molar-refractivity contribution >= 4 is 11.8 Å². The lowest BCUT2D eigenvalue weighted by Crippen LogP contribution is -2.49. The molecule has 0 spiro atoms. The summed E-state index contributed by atoms with van der Waals surface area (Å²) in [5.74, 6) is 0.101. The average molecular weight is 330 g/mol. The molecule has 6 heteroatoms. The molecule has 1 unspecified atom stereocenters. The van der Waals surface area contributed by atoms with E-state index < -0.39 is 6.04 Å². The van der Waals surface area contributed by atoms with Crippen LogP contribution in [-0.2, 0) is 11.3 Å². The van der Waals surface area contributed by atoms with E-state index in [1.54, 1.807) is 50.0 Å². The van der Waals surface area contributed by atoms with E-state index in [0.29, 0.717) is 17.9 Å². The number of carbonyl (C=O) groups is 2. The Hall–Kier alpha value is -2.76. The van der Waals surface area contributed by atoms with Crippen molar-refractivity contribution in [3.05, 3.63) is 54.0 Å². The second-order valence-corrected chi connectivity index (χ2v) is 5.77. The number of hydrogen-bond donors (Lipinski definition) is 2. The summed E-state index contributed by atoms with van der Waals surface area (Å²) >= 11 is 0. The Morgan fingerprint density at radius 3 is 2.42 bits per heavy atom. The van der Waals surface area contributed by atoms with Crippen LogP contribution in [0.2, 0.25) is 0 Å². The summed E-state index contributed by atoms with van der Waals surface area (Å²) in [5.41, 5.74) is 1.34. The fourth-order valence-electron chi connectivity index (χ4n) is 2.19. The predicted octanol–water partition coefficient (Wildman–Crippen LogP) is 2.36. The first-order valence-corrected chi connectivity index (χ1v) is 7.75. The maximum absolute atomic E-state index is 12.4. The van der Waals surface area contributed by atoms with Crippen molar-refractivity contribution in [3.8, 4) is 5.75 Å². The minimum absolute atomic E-state index is 0.0449. The van der Waals surface area contributed by atoms with Crippen LogP contribution in [0.4, 0.5) is 0 Å². The molecule has 0 fully saturated rings. The van der Waals surface area contributed by atoms with Gasteiger partial charge in [-0.05, 0) is 36.2 Å². The van der Waals surface area contributed by atoms with Gasteiger partial charge in [0.2, 0.25) is 5.91 Å². The maximum Gasteiger partial charge on any atom is 0.251 e. The van der Waals surface area contributed by atoms with E-state index in [-0.39, 0.29) is 17.7 Å². The van der Waals surface area contributed by atoms with E-state index in [1.165, 1.54) is 0 Å². The number of benzene rings is 1. The van der Waals surface area contributed by atoms with Crippen LogP contribution in [-0.4, -0.2) is 25.0 Å². The Morgan fingerprint density at radius 2 is 1.88 bits per heavy atom. The second-order valence-electron chi connectivity index (χ2n) is 5.77. The van der Waals surface area contributed by atoms with Crippen molar-refractivity contribution < 1.29 is 18.7 Å². The van der Waals surface area contributed by atoms with Gasteiger partial charge in [-0.1, -0.05) is 13.8 Å². The van der Waals surface area contributed by atoms with Gasteiger partial charge < -0.3 is 19.8 Å². The molecule has 0 radical (unpaired) electrons. The number of amides is 2. The minimum Gasteiger partial charge on any atom is -0.497 e. The maximum atomic E-state index is 12.4. The summed E-state index contributed by atoms with van der Waals surface area (Å²) in [6, 6.07) is 7.90. The molecule has 0 aliphatic carbocycles. The first-order valence-electron chi connectivity index (χ1n) is 7.75. The van der Waals surface area contributed by atoms with Gasteiger partial charge in [-0.15, -0.1) is 0 Å². The van der Waals surface area contributed by atoms with Gasteiger partial charge in [-0.25, -0.2) is 0 Å². The van der Waals surface area contributed by atoms with Crippen LogP contribution in [0.5, 0.6) is 5.75 Å².